The molecule has 0 fully saturated rings. The minimum absolute atomic E-state index is 0.121. The Labute approximate surface area is 194 Å². The number of nitrogens with zero attached hydrogens (tertiary/aromatic N) is 2. The molecule has 168 valence electrons. The van der Waals surface area contributed by atoms with Gasteiger partial charge in [0.15, 0.2) is 5.82 Å². The van der Waals surface area contributed by atoms with E-state index in [9.17, 15) is 9.59 Å². The molecule has 1 aromatic carbocycles. The molecule has 2 aromatic heterocycles. The van der Waals surface area contributed by atoms with Crippen molar-refractivity contribution in [3.8, 4) is 5.75 Å². The van der Waals surface area contributed by atoms with Crippen molar-refractivity contribution in [3.05, 3.63) is 51.2 Å². The van der Waals surface area contributed by atoms with E-state index in [2.05, 4.69) is 20.5 Å². The lowest BCUT2D eigenvalue weighted by atomic mass is 9.95. The van der Waals surface area contributed by atoms with Crippen molar-refractivity contribution in [1.29, 1.82) is 0 Å². The van der Waals surface area contributed by atoms with Gasteiger partial charge in [0, 0.05) is 4.88 Å². The second kappa shape index (κ2) is 9.74. The number of hydrogen-bond donors (Lipinski definition) is 3. The molecular weight excluding hydrogens is 446 g/mol. The van der Waals surface area contributed by atoms with E-state index in [1.165, 1.54) is 23.1 Å². The Bertz CT molecular complexity index is 1150. The van der Waals surface area contributed by atoms with Crippen LogP contribution in [-0.4, -0.2) is 32.7 Å². The van der Waals surface area contributed by atoms with Gasteiger partial charge in [-0.15, -0.1) is 16.4 Å². The molecule has 3 aromatic rings. The summed E-state index contributed by atoms with van der Waals surface area (Å²) in [5.74, 6) is 0.786. The van der Waals surface area contributed by atoms with Crippen molar-refractivity contribution in [2.24, 2.45) is 5.73 Å². The Morgan fingerprint density at radius 3 is 2.91 bits per heavy atom. The Hall–Kier alpha value is -2.85. The number of fused-ring (bicyclic) bond motifs is 1. The highest BCUT2D eigenvalue weighted by Gasteiger charge is 2.25. The number of aryl methyl sites for hydroxylation is 3. The number of rotatable bonds is 8. The standard InChI is InChI=1S/C22H25N5O3S2/c1-12-7-8-13(2)15(9-12)30-10-17-24-22(27-26-17)31-11-18(28)25-21-19(20(23)29)14-5-3-4-6-16(14)32-21/h7-9H,3-6,10-11H2,1-2H3,(H2,23,29)(H,25,28)(H,24,26,27). The van der Waals surface area contributed by atoms with E-state index in [1.54, 1.807) is 0 Å². The molecule has 2 heterocycles. The monoisotopic (exact) mass is 471 g/mol. The van der Waals surface area contributed by atoms with Crippen molar-refractivity contribution in [2.45, 2.75) is 51.3 Å². The van der Waals surface area contributed by atoms with Crippen LogP contribution in [-0.2, 0) is 24.2 Å². The largest absolute Gasteiger partial charge is 0.485 e. The van der Waals surface area contributed by atoms with Crippen molar-refractivity contribution in [2.75, 3.05) is 11.1 Å². The molecule has 8 nitrogen and oxygen atoms in total. The first kappa shape index (κ1) is 22.3. The number of benzene rings is 1. The SMILES string of the molecule is Cc1ccc(C)c(OCc2nc(SCC(=O)Nc3sc4c(c3C(N)=O)CCCC4)n[nH]2)c1. The van der Waals surface area contributed by atoms with Crippen LogP contribution in [0.5, 0.6) is 5.75 Å². The van der Waals surface area contributed by atoms with Gasteiger partial charge in [0.2, 0.25) is 11.1 Å². The fourth-order valence-electron chi connectivity index (χ4n) is 3.62. The Morgan fingerprint density at radius 1 is 1.28 bits per heavy atom. The first-order chi connectivity index (χ1) is 15.4. The molecule has 1 aliphatic rings. The molecule has 32 heavy (non-hydrogen) atoms. The number of ether oxygens (including phenoxy) is 1. The zero-order valence-corrected chi connectivity index (χ0v) is 19.6. The maximum absolute atomic E-state index is 12.5. The smallest absolute Gasteiger partial charge is 0.251 e. The number of anilines is 1. The highest BCUT2D eigenvalue weighted by Crippen LogP contribution is 2.38. The summed E-state index contributed by atoms with van der Waals surface area (Å²) >= 11 is 2.67. The third kappa shape index (κ3) is 5.13. The Morgan fingerprint density at radius 2 is 2.09 bits per heavy atom. The predicted molar refractivity (Wildman–Crippen MR) is 125 cm³/mol. The summed E-state index contributed by atoms with van der Waals surface area (Å²) in [6.45, 7) is 4.26. The van der Waals surface area contributed by atoms with Crippen LogP contribution in [0.25, 0.3) is 0 Å². The lowest BCUT2D eigenvalue weighted by molar-refractivity contribution is -0.113. The molecule has 0 saturated heterocycles. The van der Waals surface area contributed by atoms with Crippen molar-refractivity contribution in [1.82, 2.24) is 15.2 Å². The van der Waals surface area contributed by atoms with Gasteiger partial charge in [-0.05, 0) is 62.3 Å². The van der Waals surface area contributed by atoms with Crippen LogP contribution < -0.4 is 15.8 Å². The van der Waals surface area contributed by atoms with Crippen molar-refractivity contribution < 1.29 is 14.3 Å². The van der Waals surface area contributed by atoms with Crippen LogP contribution in [0.4, 0.5) is 5.00 Å². The summed E-state index contributed by atoms with van der Waals surface area (Å²) < 4.78 is 5.83. The Kier molecular flexibility index (Phi) is 6.80. The van der Waals surface area contributed by atoms with Gasteiger partial charge < -0.3 is 15.8 Å². The summed E-state index contributed by atoms with van der Waals surface area (Å²) in [4.78, 5) is 30.0. The molecule has 0 spiro atoms. The summed E-state index contributed by atoms with van der Waals surface area (Å²) in [6, 6.07) is 6.03. The number of aromatic amines is 1. The van der Waals surface area contributed by atoms with Gasteiger partial charge in [-0.2, -0.15) is 0 Å². The lowest BCUT2D eigenvalue weighted by Gasteiger charge is -2.11. The summed E-state index contributed by atoms with van der Waals surface area (Å²) in [5, 5.41) is 10.8. The van der Waals surface area contributed by atoms with E-state index in [-0.39, 0.29) is 18.3 Å². The molecule has 1 aliphatic carbocycles. The van der Waals surface area contributed by atoms with Gasteiger partial charge in [0.05, 0.1) is 11.3 Å². The zero-order valence-electron chi connectivity index (χ0n) is 18.0. The number of nitrogens with one attached hydrogen (secondary N) is 2. The average molecular weight is 472 g/mol. The number of H-pyrrole nitrogens is 1. The third-order valence-electron chi connectivity index (χ3n) is 5.22. The zero-order chi connectivity index (χ0) is 22.7. The minimum atomic E-state index is -0.491. The number of carbonyl (C=O) groups is 2. The van der Waals surface area contributed by atoms with Gasteiger partial charge in [0.25, 0.3) is 5.91 Å². The predicted octanol–water partition coefficient (Wildman–Crippen LogP) is 3.77. The second-order valence-corrected chi connectivity index (χ2v) is 9.79. The number of thioether (sulfide) groups is 1. The maximum atomic E-state index is 12.5. The molecule has 0 aliphatic heterocycles. The number of nitrogens with two attached hydrogens (primary N) is 1. The molecule has 0 saturated carbocycles. The molecule has 10 heteroatoms. The van der Waals surface area contributed by atoms with Crippen LogP contribution >= 0.6 is 23.1 Å². The second-order valence-electron chi connectivity index (χ2n) is 7.74. The normalized spacial score (nSPS) is 12.9. The highest BCUT2D eigenvalue weighted by molar-refractivity contribution is 7.99. The van der Waals surface area contributed by atoms with Gasteiger partial charge in [0.1, 0.15) is 17.4 Å². The minimum Gasteiger partial charge on any atom is -0.485 e. The molecule has 2 amide bonds. The van der Waals surface area contributed by atoms with E-state index in [1.807, 2.05) is 32.0 Å². The number of carbonyl (C=O) groups excluding carboxylic acids is 2. The fourth-order valence-corrected chi connectivity index (χ4v) is 5.55. The molecule has 0 unspecified atom stereocenters. The maximum Gasteiger partial charge on any atom is 0.251 e. The van der Waals surface area contributed by atoms with Gasteiger partial charge in [-0.1, -0.05) is 23.9 Å². The van der Waals surface area contributed by atoms with E-state index in [0.717, 1.165) is 53.0 Å². The first-order valence-electron chi connectivity index (χ1n) is 10.4. The van der Waals surface area contributed by atoms with Crippen molar-refractivity contribution >= 4 is 39.9 Å². The van der Waals surface area contributed by atoms with Crippen LogP contribution in [0.3, 0.4) is 0 Å². The number of primary amides is 1. The van der Waals surface area contributed by atoms with Crippen LogP contribution in [0.2, 0.25) is 0 Å². The highest BCUT2D eigenvalue weighted by atomic mass is 32.2. The summed E-state index contributed by atoms with van der Waals surface area (Å²) in [6.07, 6.45) is 3.89. The molecule has 4 rings (SSSR count). The summed E-state index contributed by atoms with van der Waals surface area (Å²) in [7, 11) is 0. The summed E-state index contributed by atoms with van der Waals surface area (Å²) in [5.41, 5.74) is 9.22. The lowest BCUT2D eigenvalue weighted by Crippen LogP contribution is -2.19. The Balaban J connectivity index is 1.32. The van der Waals surface area contributed by atoms with Crippen LogP contribution in [0.15, 0.2) is 23.4 Å². The topological polar surface area (TPSA) is 123 Å². The van der Waals surface area contributed by atoms with Gasteiger partial charge in [-0.25, -0.2) is 4.98 Å². The fraction of sp³-hybridized carbons (Fsp3) is 0.364. The molecule has 0 atom stereocenters. The van der Waals surface area contributed by atoms with E-state index >= 15 is 0 Å². The quantitative estimate of drug-likeness (QED) is 0.430. The van der Waals surface area contributed by atoms with Gasteiger partial charge in [-0.3, -0.25) is 14.7 Å². The molecular formula is C22H25N5O3S2. The van der Waals surface area contributed by atoms with E-state index < -0.39 is 5.91 Å². The van der Waals surface area contributed by atoms with Gasteiger partial charge >= 0.3 is 0 Å². The van der Waals surface area contributed by atoms with E-state index in [4.69, 9.17) is 10.5 Å². The number of thiophene rings is 1. The molecule has 0 radical (unpaired) electrons. The van der Waals surface area contributed by atoms with Crippen LogP contribution in [0, 0.1) is 13.8 Å². The molecule has 0 bridgehead atoms. The van der Waals surface area contributed by atoms with Crippen molar-refractivity contribution in [3.63, 3.8) is 0 Å². The average Bonchev–Trinajstić information content (AvgIpc) is 3.36. The molecule has 4 N–H and O–H groups in total. The van der Waals surface area contributed by atoms with E-state index in [0.29, 0.717) is 21.5 Å². The number of hydrogen-bond acceptors (Lipinski definition) is 7. The number of aromatic nitrogens is 3. The number of amides is 2. The first-order valence-corrected chi connectivity index (χ1v) is 12.2. The third-order valence-corrected chi connectivity index (χ3v) is 7.28. The van der Waals surface area contributed by atoms with Crippen LogP contribution in [0.1, 0.15) is 50.6 Å².